The van der Waals surface area contributed by atoms with Crippen molar-refractivity contribution in [3.8, 4) is 0 Å². The molecule has 4 nitrogen and oxygen atoms in total. The Kier molecular flexibility index (Phi) is 4.43. The van der Waals surface area contributed by atoms with Crippen LogP contribution in [-0.4, -0.2) is 24.0 Å². The molecular weight excluding hydrogens is 294 g/mol. The molecule has 3 rings (SSSR count). The van der Waals surface area contributed by atoms with Gasteiger partial charge in [0.05, 0.1) is 0 Å². The van der Waals surface area contributed by atoms with Crippen LogP contribution in [0, 0.1) is 12.8 Å². The monoisotopic (exact) mass is 315 g/mol. The third kappa shape index (κ3) is 3.47. The molecule has 1 aromatic heterocycles. The lowest BCUT2D eigenvalue weighted by molar-refractivity contribution is 0.102. The molecule has 22 heavy (non-hydrogen) atoms. The summed E-state index contributed by atoms with van der Waals surface area (Å²) in [6.45, 7) is 6.44. The fraction of sp³-hybridized carbons (Fsp3) is 0.412. The average molecular weight is 315 g/mol. The molecule has 1 N–H and O–H groups in total. The highest BCUT2D eigenvalue weighted by Gasteiger charge is 2.16. The molecule has 1 aliphatic heterocycles. The fourth-order valence-electron chi connectivity index (χ4n) is 2.67. The molecule has 1 aromatic carbocycles. The molecule has 1 saturated heterocycles. The third-order valence-electron chi connectivity index (χ3n) is 4.09. The van der Waals surface area contributed by atoms with Crippen molar-refractivity contribution in [1.82, 2.24) is 4.98 Å². The smallest absolute Gasteiger partial charge is 0.284 e. The highest BCUT2D eigenvalue weighted by atomic mass is 32.1. The third-order valence-corrected chi connectivity index (χ3v) is 5.05. The second kappa shape index (κ2) is 6.48. The van der Waals surface area contributed by atoms with E-state index in [9.17, 15) is 4.79 Å². The van der Waals surface area contributed by atoms with E-state index in [1.807, 2.05) is 24.4 Å². The van der Waals surface area contributed by atoms with E-state index in [2.05, 4.69) is 34.3 Å². The molecule has 0 saturated carbocycles. The topological polar surface area (TPSA) is 45.2 Å². The number of anilines is 2. The number of hydrogen-bond donors (Lipinski definition) is 1. The van der Waals surface area contributed by atoms with Crippen LogP contribution >= 0.6 is 11.3 Å². The highest BCUT2D eigenvalue weighted by Crippen LogP contribution is 2.24. The molecule has 0 radical (unpaired) electrons. The van der Waals surface area contributed by atoms with E-state index in [-0.39, 0.29) is 5.91 Å². The number of aryl methyl sites for hydroxylation is 1. The predicted octanol–water partition coefficient (Wildman–Crippen LogP) is 3.94. The normalized spacial score (nSPS) is 15.8. The lowest BCUT2D eigenvalue weighted by Gasteiger charge is -2.32. The number of nitrogens with zero attached hydrogens (tertiary/aromatic N) is 2. The van der Waals surface area contributed by atoms with Gasteiger partial charge in [0, 0.05) is 35.5 Å². The maximum absolute atomic E-state index is 12.1. The van der Waals surface area contributed by atoms with Crippen LogP contribution in [0.1, 0.15) is 35.3 Å². The van der Waals surface area contributed by atoms with E-state index in [0.717, 1.165) is 30.4 Å². The van der Waals surface area contributed by atoms with Crippen LogP contribution in [0.25, 0.3) is 0 Å². The summed E-state index contributed by atoms with van der Waals surface area (Å²) in [6, 6.07) is 8.09. The van der Waals surface area contributed by atoms with Gasteiger partial charge in [-0.1, -0.05) is 6.92 Å². The van der Waals surface area contributed by atoms with Crippen LogP contribution in [0.2, 0.25) is 0 Å². The largest absolute Gasteiger partial charge is 0.372 e. The first-order valence-corrected chi connectivity index (χ1v) is 8.58. The van der Waals surface area contributed by atoms with Crippen molar-refractivity contribution in [1.29, 1.82) is 0 Å². The van der Waals surface area contributed by atoms with Gasteiger partial charge >= 0.3 is 0 Å². The van der Waals surface area contributed by atoms with Crippen molar-refractivity contribution in [3.63, 3.8) is 0 Å². The second-order valence-electron chi connectivity index (χ2n) is 5.96. The summed E-state index contributed by atoms with van der Waals surface area (Å²) in [5, 5.41) is 5.29. The number of rotatable bonds is 3. The first-order chi connectivity index (χ1) is 10.6. The molecule has 5 heteroatoms. The van der Waals surface area contributed by atoms with Gasteiger partial charge in [-0.25, -0.2) is 4.98 Å². The molecule has 0 unspecified atom stereocenters. The van der Waals surface area contributed by atoms with Gasteiger partial charge in [-0.05, 0) is 49.9 Å². The number of carbonyl (C=O) groups is 1. The van der Waals surface area contributed by atoms with Gasteiger partial charge in [0.2, 0.25) is 0 Å². The Hall–Kier alpha value is -1.88. The number of piperidine rings is 1. The minimum Gasteiger partial charge on any atom is -0.372 e. The van der Waals surface area contributed by atoms with E-state index >= 15 is 0 Å². The number of hydrogen-bond acceptors (Lipinski definition) is 4. The van der Waals surface area contributed by atoms with Crippen LogP contribution < -0.4 is 10.2 Å². The standard InChI is InChI=1S/C17H21N3OS/c1-12-7-9-20(10-8-12)15-5-3-14(4-6-15)19-16(21)17-18-13(2)11-22-17/h3-6,11-12H,7-10H2,1-2H3,(H,19,21). The van der Waals surface area contributed by atoms with E-state index in [1.54, 1.807) is 0 Å². The summed E-state index contributed by atoms with van der Waals surface area (Å²) in [4.78, 5) is 18.7. The van der Waals surface area contributed by atoms with Crippen LogP contribution in [0.5, 0.6) is 0 Å². The van der Waals surface area contributed by atoms with Gasteiger partial charge < -0.3 is 10.2 Å². The number of benzene rings is 1. The molecule has 2 aromatic rings. The zero-order valence-electron chi connectivity index (χ0n) is 13.0. The lowest BCUT2D eigenvalue weighted by atomic mass is 9.99. The van der Waals surface area contributed by atoms with Crippen molar-refractivity contribution < 1.29 is 4.79 Å². The maximum atomic E-state index is 12.1. The van der Waals surface area contributed by atoms with Gasteiger partial charge in [0.1, 0.15) is 0 Å². The summed E-state index contributed by atoms with van der Waals surface area (Å²) in [7, 11) is 0. The molecule has 0 atom stereocenters. The van der Waals surface area contributed by atoms with Crippen LogP contribution in [0.15, 0.2) is 29.6 Å². The van der Waals surface area contributed by atoms with Crippen molar-refractivity contribution in [2.45, 2.75) is 26.7 Å². The summed E-state index contributed by atoms with van der Waals surface area (Å²) in [5.74, 6) is 0.689. The Bertz CT molecular complexity index is 642. The molecule has 0 aliphatic carbocycles. The van der Waals surface area contributed by atoms with Crippen molar-refractivity contribution in [2.75, 3.05) is 23.3 Å². The summed E-state index contributed by atoms with van der Waals surface area (Å²) in [5.41, 5.74) is 2.92. The number of carbonyl (C=O) groups excluding carboxylic acids is 1. The molecule has 1 aliphatic rings. The van der Waals surface area contributed by atoms with E-state index in [1.165, 1.54) is 29.9 Å². The SMILES string of the molecule is Cc1csc(C(=O)Nc2ccc(N3CCC(C)CC3)cc2)n1. The van der Waals surface area contributed by atoms with Crippen LogP contribution in [0.3, 0.4) is 0 Å². The average Bonchev–Trinajstić information content (AvgIpc) is 2.96. The molecule has 1 fully saturated rings. The first-order valence-electron chi connectivity index (χ1n) is 7.70. The second-order valence-corrected chi connectivity index (χ2v) is 6.82. The predicted molar refractivity (Wildman–Crippen MR) is 91.9 cm³/mol. The van der Waals surface area contributed by atoms with Gasteiger partial charge in [-0.2, -0.15) is 0 Å². The highest BCUT2D eigenvalue weighted by molar-refractivity contribution is 7.11. The quantitative estimate of drug-likeness (QED) is 0.933. The molecule has 2 heterocycles. The van der Waals surface area contributed by atoms with Crippen LogP contribution in [0.4, 0.5) is 11.4 Å². The fourth-order valence-corrected chi connectivity index (χ4v) is 3.35. The lowest BCUT2D eigenvalue weighted by Crippen LogP contribution is -2.32. The Morgan fingerprint density at radius 3 is 2.55 bits per heavy atom. The van der Waals surface area contributed by atoms with Gasteiger partial charge in [-0.3, -0.25) is 4.79 Å². The molecule has 0 spiro atoms. The minimum absolute atomic E-state index is 0.141. The maximum Gasteiger partial charge on any atom is 0.284 e. The minimum atomic E-state index is -0.141. The summed E-state index contributed by atoms with van der Waals surface area (Å²) < 4.78 is 0. The van der Waals surface area contributed by atoms with Crippen molar-refractivity contribution in [2.24, 2.45) is 5.92 Å². The number of nitrogens with one attached hydrogen (secondary N) is 1. The first kappa shape index (κ1) is 15.0. The number of aromatic nitrogens is 1. The Morgan fingerprint density at radius 1 is 1.27 bits per heavy atom. The van der Waals surface area contributed by atoms with Gasteiger partial charge in [0.25, 0.3) is 5.91 Å². The Morgan fingerprint density at radius 2 is 1.95 bits per heavy atom. The van der Waals surface area contributed by atoms with E-state index in [4.69, 9.17) is 0 Å². The zero-order valence-corrected chi connectivity index (χ0v) is 13.8. The number of thiazole rings is 1. The molecule has 0 bridgehead atoms. The summed E-state index contributed by atoms with van der Waals surface area (Å²) in [6.07, 6.45) is 2.50. The van der Waals surface area contributed by atoms with Crippen molar-refractivity contribution >= 4 is 28.6 Å². The van der Waals surface area contributed by atoms with Gasteiger partial charge in [-0.15, -0.1) is 11.3 Å². The van der Waals surface area contributed by atoms with Gasteiger partial charge in [0.15, 0.2) is 5.01 Å². The van der Waals surface area contributed by atoms with Crippen molar-refractivity contribution in [3.05, 3.63) is 40.3 Å². The van der Waals surface area contributed by atoms with E-state index in [0.29, 0.717) is 5.01 Å². The summed E-state index contributed by atoms with van der Waals surface area (Å²) >= 11 is 1.37. The Balaban J connectivity index is 1.63. The van der Waals surface area contributed by atoms with Crippen LogP contribution in [-0.2, 0) is 0 Å². The molecular formula is C17H21N3OS. The molecule has 1 amide bonds. The Labute approximate surface area is 135 Å². The van der Waals surface area contributed by atoms with E-state index < -0.39 is 0 Å². The molecule has 116 valence electrons. The zero-order chi connectivity index (χ0) is 15.5. The number of amides is 1.